The van der Waals surface area contributed by atoms with Crippen molar-refractivity contribution in [2.24, 2.45) is 0 Å². The monoisotopic (exact) mass is 386 g/mol. The second kappa shape index (κ2) is 6.30. The van der Waals surface area contributed by atoms with Crippen molar-refractivity contribution in [2.45, 2.75) is 12.0 Å². The molecule has 0 spiro atoms. The molecule has 1 aliphatic heterocycles. The van der Waals surface area contributed by atoms with Gasteiger partial charge in [0.1, 0.15) is 0 Å². The van der Waals surface area contributed by atoms with Gasteiger partial charge in [-0.25, -0.2) is 0 Å². The molecule has 0 fully saturated rings. The summed E-state index contributed by atoms with van der Waals surface area (Å²) in [6.07, 6.45) is 4.26. The molecule has 0 unspecified atom stereocenters. The van der Waals surface area contributed by atoms with Gasteiger partial charge in [0.05, 0.1) is 12.1 Å². The van der Waals surface area contributed by atoms with Crippen LogP contribution < -0.4 is 4.90 Å². The number of rotatable bonds is 5. The Morgan fingerprint density at radius 2 is 2.04 bits per heavy atom. The number of carbonyl (C=O) groups excluding carboxylic acids is 2. The Morgan fingerprint density at radius 1 is 1.33 bits per heavy atom. The van der Waals surface area contributed by atoms with Crippen molar-refractivity contribution in [1.29, 1.82) is 0 Å². The highest BCUT2D eigenvalue weighted by Crippen LogP contribution is 2.44. The maximum absolute atomic E-state index is 12.8. The van der Waals surface area contributed by atoms with E-state index < -0.39 is 11.5 Å². The van der Waals surface area contributed by atoms with Crippen LogP contribution in [0.5, 0.6) is 0 Å². The standard InChI is InChI=1S/C18H15BrN2O3/c1-2-9-21-15-4-3-13(19)10-14(15)18(24,17(21)23)11-16(22)12-5-7-20-8-6-12/h2-8,10,24H,1,9,11H2/t18-/m1/s1. The molecule has 2 aromatic rings. The third kappa shape index (κ3) is 2.68. The van der Waals surface area contributed by atoms with Crippen LogP contribution in [0.2, 0.25) is 0 Å². The molecule has 1 amide bonds. The van der Waals surface area contributed by atoms with Crippen LogP contribution in [0.15, 0.2) is 59.9 Å². The number of aliphatic hydroxyl groups is 1. The van der Waals surface area contributed by atoms with E-state index in [2.05, 4.69) is 27.5 Å². The Balaban J connectivity index is 2.03. The molecule has 0 saturated heterocycles. The normalized spacial score (nSPS) is 19.2. The lowest BCUT2D eigenvalue weighted by Crippen LogP contribution is -2.41. The van der Waals surface area contributed by atoms with E-state index in [-0.39, 0.29) is 18.7 Å². The smallest absolute Gasteiger partial charge is 0.264 e. The molecule has 0 radical (unpaired) electrons. The molecule has 24 heavy (non-hydrogen) atoms. The van der Waals surface area contributed by atoms with E-state index in [1.54, 1.807) is 36.4 Å². The molecule has 0 aliphatic carbocycles. The van der Waals surface area contributed by atoms with Gasteiger partial charge < -0.3 is 10.0 Å². The van der Waals surface area contributed by atoms with Gasteiger partial charge in [-0.15, -0.1) is 6.58 Å². The predicted molar refractivity (Wildman–Crippen MR) is 93.8 cm³/mol. The van der Waals surface area contributed by atoms with E-state index in [4.69, 9.17) is 0 Å². The molecule has 1 N–H and O–H groups in total. The molecule has 3 rings (SSSR count). The van der Waals surface area contributed by atoms with E-state index >= 15 is 0 Å². The fourth-order valence-corrected chi connectivity index (χ4v) is 3.24. The second-order valence-electron chi connectivity index (χ2n) is 5.56. The van der Waals surface area contributed by atoms with Gasteiger partial charge in [0.15, 0.2) is 11.4 Å². The van der Waals surface area contributed by atoms with Crippen LogP contribution in [0.1, 0.15) is 22.3 Å². The van der Waals surface area contributed by atoms with Crippen LogP contribution in [-0.4, -0.2) is 28.3 Å². The number of benzene rings is 1. The second-order valence-corrected chi connectivity index (χ2v) is 6.48. The summed E-state index contributed by atoms with van der Waals surface area (Å²) < 4.78 is 0.726. The predicted octanol–water partition coefficient (Wildman–Crippen LogP) is 2.84. The van der Waals surface area contributed by atoms with Crippen molar-refractivity contribution in [3.05, 3.63) is 71.0 Å². The van der Waals surface area contributed by atoms with Crippen molar-refractivity contribution >= 4 is 33.3 Å². The van der Waals surface area contributed by atoms with E-state index in [9.17, 15) is 14.7 Å². The number of halogens is 1. The molecule has 1 aromatic heterocycles. The van der Waals surface area contributed by atoms with Crippen LogP contribution >= 0.6 is 15.9 Å². The number of carbonyl (C=O) groups is 2. The highest BCUT2D eigenvalue weighted by molar-refractivity contribution is 9.10. The number of pyridine rings is 1. The number of nitrogens with zero attached hydrogens (tertiary/aromatic N) is 2. The van der Waals surface area contributed by atoms with Gasteiger partial charge in [0, 0.05) is 34.5 Å². The van der Waals surface area contributed by atoms with Crippen molar-refractivity contribution in [3.8, 4) is 0 Å². The summed E-state index contributed by atoms with van der Waals surface area (Å²) in [5, 5.41) is 11.1. The molecule has 1 aromatic carbocycles. The summed E-state index contributed by atoms with van der Waals surface area (Å²) in [5.74, 6) is -0.836. The first-order valence-electron chi connectivity index (χ1n) is 7.36. The summed E-state index contributed by atoms with van der Waals surface area (Å²) >= 11 is 3.35. The number of fused-ring (bicyclic) bond motifs is 1. The molecular formula is C18H15BrN2O3. The van der Waals surface area contributed by atoms with E-state index in [0.717, 1.165) is 4.47 Å². The van der Waals surface area contributed by atoms with Crippen molar-refractivity contribution in [3.63, 3.8) is 0 Å². The molecule has 6 heteroatoms. The van der Waals surface area contributed by atoms with Gasteiger partial charge in [-0.3, -0.25) is 14.6 Å². The Labute approximate surface area is 147 Å². The van der Waals surface area contributed by atoms with Gasteiger partial charge in [0.2, 0.25) is 0 Å². The third-order valence-electron chi connectivity index (χ3n) is 4.02. The van der Waals surface area contributed by atoms with Gasteiger partial charge in [-0.05, 0) is 30.3 Å². The quantitative estimate of drug-likeness (QED) is 0.633. The lowest BCUT2D eigenvalue weighted by Gasteiger charge is -2.22. The van der Waals surface area contributed by atoms with E-state index in [0.29, 0.717) is 16.8 Å². The minimum atomic E-state index is -1.89. The van der Waals surface area contributed by atoms with Crippen LogP contribution in [-0.2, 0) is 10.4 Å². The molecule has 5 nitrogen and oxygen atoms in total. The fourth-order valence-electron chi connectivity index (χ4n) is 2.88. The van der Waals surface area contributed by atoms with Crippen molar-refractivity contribution in [1.82, 2.24) is 4.98 Å². The zero-order chi connectivity index (χ0) is 17.3. The van der Waals surface area contributed by atoms with Crippen LogP contribution in [0.4, 0.5) is 5.69 Å². The number of aromatic nitrogens is 1. The van der Waals surface area contributed by atoms with Crippen LogP contribution in [0.3, 0.4) is 0 Å². The summed E-state index contributed by atoms with van der Waals surface area (Å²) in [6.45, 7) is 3.91. The number of anilines is 1. The van der Waals surface area contributed by atoms with Crippen LogP contribution in [0, 0.1) is 0 Å². The average molecular weight is 387 g/mol. The number of hydrogen-bond acceptors (Lipinski definition) is 4. The summed E-state index contributed by atoms with van der Waals surface area (Å²) in [4.78, 5) is 30.6. The van der Waals surface area contributed by atoms with Crippen LogP contribution in [0.25, 0.3) is 0 Å². The molecule has 122 valence electrons. The molecule has 1 atom stereocenters. The zero-order valence-electron chi connectivity index (χ0n) is 12.8. The number of amides is 1. The van der Waals surface area contributed by atoms with Crippen molar-refractivity contribution in [2.75, 3.05) is 11.4 Å². The molecule has 0 saturated carbocycles. The number of ketones is 1. The molecule has 2 heterocycles. The maximum Gasteiger partial charge on any atom is 0.264 e. The lowest BCUT2D eigenvalue weighted by atomic mass is 9.88. The maximum atomic E-state index is 12.8. The summed E-state index contributed by atoms with van der Waals surface area (Å²) in [7, 11) is 0. The topological polar surface area (TPSA) is 70.5 Å². The number of Topliss-reactive ketones (excluding diaryl/α,β-unsaturated/α-hetero) is 1. The van der Waals surface area contributed by atoms with Gasteiger partial charge in [0.25, 0.3) is 5.91 Å². The minimum absolute atomic E-state index is 0.263. The minimum Gasteiger partial charge on any atom is -0.375 e. The lowest BCUT2D eigenvalue weighted by molar-refractivity contribution is -0.135. The Morgan fingerprint density at radius 3 is 2.71 bits per heavy atom. The SMILES string of the molecule is C=CCN1C(=O)[C@@](O)(CC(=O)c2ccncc2)c2cc(Br)ccc21. The summed E-state index contributed by atoms with van der Waals surface area (Å²) in [5.41, 5.74) is -0.466. The summed E-state index contributed by atoms with van der Waals surface area (Å²) in [6, 6.07) is 8.34. The highest BCUT2D eigenvalue weighted by atomic mass is 79.9. The van der Waals surface area contributed by atoms with Gasteiger partial charge in [-0.2, -0.15) is 0 Å². The van der Waals surface area contributed by atoms with E-state index in [1.165, 1.54) is 17.3 Å². The van der Waals surface area contributed by atoms with Gasteiger partial charge in [-0.1, -0.05) is 22.0 Å². The zero-order valence-corrected chi connectivity index (χ0v) is 14.4. The van der Waals surface area contributed by atoms with Gasteiger partial charge >= 0.3 is 0 Å². The molecule has 0 bridgehead atoms. The average Bonchev–Trinajstić information content (AvgIpc) is 2.78. The first-order valence-corrected chi connectivity index (χ1v) is 8.15. The number of hydrogen-bond donors (Lipinski definition) is 1. The van der Waals surface area contributed by atoms with E-state index in [1.807, 2.05) is 0 Å². The third-order valence-corrected chi connectivity index (χ3v) is 4.52. The fraction of sp³-hybridized carbons (Fsp3) is 0.167. The first-order chi connectivity index (χ1) is 11.5. The largest absolute Gasteiger partial charge is 0.375 e. The Bertz CT molecular complexity index is 822. The first kappa shape index (κ1) is 16.5. The Hall–Kier alpha value is -2.31. The highest BCUT2D eigenvalue weighted by Gasteiger charge is 2.50. The van der Waals surface area contributed by atoms with Crippen molar-refractivity contribution < 1.29 is 14.7 Å². The molecule has 1 aliphatic rings. The Kier molecular flexibility index (Phi) is 4.34. The molecular weight excluding hydrogens is 372 g/mol.